The number of carbonyl (C=O) groups excluding carboxylic acids is 1. The maximum atomic E-state index is 11.5. The highest BCUT2D eigenvalue weighted by Gasteiger charge is 2.03. The first-order chi connectivity index (χ1) is 9.66. The molecule has 0 radical (unpaired) electrons. The average Bonchev–Trinajstić information content (AvgIpc) is 2.43. The van der Waals surface area contributed by atoms with Gasteiger partial charge in [0.1, 0.15) is 0 Å². The van der Waals surface area contributed by atoms with E-state index in [-0.39, 0.29) is 11.9 Å². The van der Waals surface area contributed by atoms with Gasteiger partial charge in [0.25, 0.3) is 0 Å². The molecule has 20 heavy (non-hydrogen) atoms. The van der Waals surface area contributed by atoms with Crippen LogP contribution < -0.4 is 10.6 Å². The number of rotatable bonds is 6. The molecule has 0 fully saturated rings. The Labute approximate surface area is 119 Å². The molecular formula is C16H21N3O. The van der Waals surface area contributed by atoms with E-state index in [2.05, 4.69) is 27.8 Å². The Bertz CT molecular complexity index is 575. The van der Waals surface area contributed by atoms with Crippen molar-refractivity contribution in [1.82, 2.24) is 15.6 Å². The van der Waals surface area contributed by atoms with Crippen LogP contribution in [0, 0.1) is 0 Å². The number of nitrogens with zero attached hydrogens (tertiary/aromatic N) is 1. The SMILES string of the molecule is CC(C)NC(=O)CCNCc1cccc2cnccc12. The van der Waals surface area contributed by atoms with E-state index in [4.69, 9.17) is 0 Å². The zero-order valence-electron chi connectivity index (χ0n) is 12.0. The number of pyridine rings is 1. The molecule has 0 saturated heterocycles. The summed E-state index contributed by atoms with van der Waals surface area (Å²) in [7, 11) is 0. The summed E-state index contributed by atoms with van der Waals surface area (Å²) in [5, 5.41) is 8.55. The van der Waals surface area contributed by atoms with Gasteiger partial charge in [-0.05, 0) is 30.9 Å². The van der Waals surface area contributed by atoms with E-state index < -0.39 is 0 Å². The Hall–Kier alpha value is -1.94. The van der Waals surface area contributed by atoms with Crippen LogP contribution in [0.4, 0.5) is 0 Å². The summed E-state index contributed by atoms with van der Waals surface area (Å²) in [6.45, 7) is 5.38. The largest absolute Gasteiger partial charge is 0.354 e. The number of aromatic nitrogens is 1. The first-order valence-corrected chi connectivity index (χ1v) is 6.98. The van der Waals surface area contributed by atoms with Gasteiger partial charge in [0.2, 0.25) is 5.91 Å². The molecule has 0 aliphatic heterocycles. The molecule has 0 bridgehead atoms. The average molecular weight is 271 g/mol. The first kappa shape index (κ1) is 14.5. The number of fused-ring (bicyclic) bond motifs is 1. The van der Waals surface area contributed by atoms with Crippen molar-refractivity contribution in [3.63, 3.8) is 0 Å². The number of hydrogen-bond acceptors (Lipinski definition) is 3. The van der Waals surface area contributed by atoms with E-state index in [9.17, 15) is 4.79 Å². The van der Waals surface area contributed by atoms with Crippen molar-refractivity contribution in [1.29, 1.82) is 0 Å². The van der Waals surface area contributed by atoms with Crippen molar-refractivity contribution in [3.05, 3.63) is 42.2 Å². The van der Waals surface area contributed by atoms with Crippen LogP contribution in [0.1, 0.15) is 25.8 Å². The summed E-state index contributed by atoms with van der Waals surface area (Å²) in [4.78, 5) is 15.6. The normalized spacial score (nSPS) is 10.9. The van der Waals surface area contributed by atoms with Gasteiger partial charge in [0.15, 0.2) is 0 Å². The van der Waals surface area contributed by atoms with Crippen molar-refractivity contribution in [2.75, 3.05) is 6.54 Å². The number of amides is 1. The van der Waals surface area contributed by atoms with Crippen LogP contribution in [0.3, 0.4) is 0 Å². The predicted molar refractivity (Wildman–Crippen MR) is 81.3 cm³/mol. The Kier molecular flexibility index (Phi) is 5.07. The highest BCUT2D eigenvalue weighted by molar-refractivity contribution is 5.84. The molecule has 0 unspecified atom stereocenters. The van der Waals surface area contributed by atoms with Gasteiger partial charge < -0.3 is 10.6 Å². The second-order valence-electron chi connectivity index (χ2n) is 5.16. The van der Waals surface area contributed by atoms with Crippen LogP contribution >= 0.6 is 0 Å². The number of benzene rings is 1. The van der Waals surface area contributed by atoms with E-state index in [1.807, 2.05) is 38.4 Å². The van der Waals surface area contributed by atoms with Gasteiger partial charge in [0, 0.05) is 43.3 Å². The molecular weight excluding hydrogens is 250 g/mol. The Morgan fingerprint density at radius 2 is 2.15 bits per heavy atom. The van der Waals surface area contributed by atoms with Crippen LogP contribution in [0.5, 0.6) is 0 Å². The maximum Gasteiger partial charge on any atom is 0.221 e. The van der Waals surface area contributed by atoms with Crippen molar-refractivity contribution in [2.45, 2.75) is 32.9 Å². The summed E-state index contributed by atoms with van der Waals surface area (Å²) in [6.07, 6.45) is 4.18. The summed E-state index contributed by atoms with van der Waals surface area (Å²) >= 11 is 0. The fourth-order valence-corrected chi connectivity index (χ4v) is 2.16. The second-order valence-corrected chi connectivity index (χ2v) is 5.16. The van der Waals surface area contributed by atoms with Gasteiger partial charge in [0.05, 0.1) is 0 Å². The number of nitrogens with one attached hydrogen (secondary N) is 2. The summed E-state index contributed by atoms with van der Waals surface area (Å²) in [6, 6.07) is 8.42. The zero-order valence-corrected chi connectivity index (χ0v) is 12.0. The lowest BCUT2D eigenvalue weighted by atomic mass is 10.1. The number of carbonyl (C=O) groups is 1. The van der Waals surface area contributed by atoms with E-state index >= 15 is 0 Å². The molecule has 0 aliphatic rings. The van der Waals surface area contributed by atoms with Gasteiger partial charge in [-0.3, -0.25) is 9.78 Å². The fourth-order valence-electron chi connectivity index (χ4n) is 2.16. The minimum atomic E-state index is 0.0922. The summed E-state index contributed by atoms with van der Waals surface area (Å²) in [5.41, 5.74) is 1.23. The molecule has 2 aromatic rings. The fraction of sp³-hybridized carbons (Fsp3) is 0.375. The minimum Gasteiger partial charge on any atom is -0.354 e. The molecule has 0 aliphatic carbocycles. The van der Waals surface area contributed by atoms with Crippen molar-refractivity contribution < 1.29 is 4.79 Å². The molecule has 1 aromatic carbocycles. The summed E-state index contributed by atoms with van der Waals surface area (Å²) in [5.74, 6) is 0.0922. The van der Waals surface area contributed by atoms with Crippen LogP contribution in [0.25, 0.3) is 10.8 Å². The summed E-state index contributed by atoms with van der Waals surface area (Å²) < 4.78 is 0. The highest BCUT2D eigenvalue weighted by atomic mass is 16.1. The molecule has 0 atom stereocenters. The first-order valence-electron chi connectivity index (χ1n) is 6.98. The third-order valence-electron chi connectivity index (χ3n) is 3.06. The lowest BCUT2D eigenvalue weighted by Crippen LogP contribution is -2.32. The van der Waals surface area contributed by atoms with Gasteiger partial charge >= 0.3 is 0 Å². The number of hydrogen-bond donors (Lipinski definition) is 2. The molecule has 2 N–H and O–H groups in total. The van der Waals surface area contributed by atoms with Gasteiger partial charge in [-0.1, -0.05) is 18.2 Å². The van der Waals surface area contributed by atoms with Gasteiger partial charge in [-0.15, -0.1) is 0 Å². The van der Waals surface area contributed by atoms with Gasteiger partial charge in [-0.25, -0.2) is 0 Å². The monoisotopic (exact) mass is 271 g/mol. The molecule has 4 nitrogen and oxygen atoms in total. The Morgan fingerprint density at radius 3 is 2.95 bits per heavy atom. The Balaban J connectivity index is 1.86. The third kappa shape index (κ3) is 4.03. The zero-order chi connectivity index (χ0) is 14.4. The van der Waals surface area contributed by atoms with Crippen molar-refractivity contribution >= 4 is 16.7 Å². The van der Waals surface area contributed by atoms with Crippen LogP contribution in [-0.2, 0) is 11.3 Å². The lowest BCUT2D eigenvalue weighted by Gasteiger charge is -2.10. The second kappa shape index (κ2) is 7.01. The molecule has 2 rings (SSSR count). The van der Waals surface area contributed by atoms with Gasteiger partial charge in [-0.2, -0.15) is 0 Å². The molecule has 0 saturated carbocycles. The maximum absolute atomic E-state index is 11.5. The molecule has 1 heterocycles. The molecule has 1 amide bonds. The third-order valence-corrected chi connectivity index (χ3v) is 3.06. The van der Waals surface area contributed by atoms with Crippen molar-refractivity contribution in [2.24, 2.45) is 0 Å². The van der Waals surface area contributed by atoms with E-state index in [0.29, 0.717) is 13.0 Å². The standard InChI is InChI=1S/C16H21N3O/c1-12(2)19-16(20)7-9-18-11-14-5-3-4-13-10-17-8-6-15(13)14/h3-6,8,10,12,18H,7,9,11H2,1-2H3,(H,19,20). The predicted octanol–water partition coefficient (Wildman–Crippen LogP) is 2.24. The van der Waals surface area contributed by atoms with E-state index in [1.165, 1.54) is 10.9 Å². The van der Waals surface area contributed by atoms with E-state index in [1.54, 1.807) is 0 Å². The Morgan fingerprint density at radius 1 is 1.30 bits per heavy atom. The van der Waals surface area contributed by atoms with Crippen LogP contribution in [-0.4, -0.2) is 23.5 Å². The van der Waals surface area contributed by atoms with Crippen LogP contribution in [0.2, 0.25) is 0 Å². The van der Waals surface area contributed by atoms with Crippen molar-refractivity contribution in [3.8, 4) is 0 Å². The van der Waals surface area contributed by atoms with E-state index in [0.717, 1.165) is 11.9 Å². The smallest absolute Gasteiger partial charge is 0.221 e. The lowest BCUT2D eigenvalue weighted by molar-refractivity contribution is -0.121. The molecule has 106 valence electrons. The molecule has 1 aromatic heterocycles. The molecule has 0 spiro atoms. The topological polar surface area (TPSA) is 54.0 Å². The minimum absolute atomic E-state index is 0.0922. The highest BCUT2D eigenvalue weighted by Crippen LogP contribution is 2.16. The quantitative estimate of drug-likeness (QED) is 0.792. The van der Waals surface area contributed by atoms with Crippen LogP contribution in [0.15, 0.2) is 36.7 Å². The molecule has 4 heteroatoms.